The van der Waals surface area contributed by atoms with Crippen LogP contribution < -0.4 is 5.32 Å². The summed E-state index contributed by atoms with van der Waals surface area (Å²) in [5.74, 6) is 0.0826. The predicted molar refractivity (Wildman–Crippen MR) is 83.7 cm³/mol. The van der Waals surface area contributed by atoms with Crippen molar-refractivity contribution in [1.82, 2.24) is 9.88 Å². The highest BCUT2D eigenvalue weighted by atomic mass is 35.5. The number of carbonyl (C=O) groups is 2. The first kappa shape index (κ1) is 16.7. The van der Waals surface area contributed by atoms with Crippen LogP contribution in [0.2, 0.25) is 5.02 Å². The Hall–Kier alpha value is -1.66. The smallest absolute Gasteiger partial charge is 0.307 e. The lowest BCUT2D eigenvalue weighted by atomic mass is 9.99. The third kappa shape index (κ3) is 4.96. The molecule has 7 heteroatoms. The molecule has 1 aliphatic heterocycles. The number of anilines is 1. The maximum absolute atomic E-state index is 12.1. The van der Waals surface area contributed by atoms with Crippen molar-refractivity contribution in [3.8, 4) is 0 Å². The van der Waals surface area contributed by atoms with E-state index >= 15 is 0 Å². The Kier molecular flexibility index (Phi) is 6.15. The molecule has 2 rings (SSSR count). The van der Waals surface area contributed by atoms with Crippen LogP contribution >= 0.6 is 11.6 Å². The van der Waals surface area contributed by atoms with E-state index in [1.807, 2.05) is 4.90 Å². The number of amides is 1. The van der Waals surface area contributed by atoms with Crippen molar-refractivity contribution in [2.24, 2.45) is 0 Å². The van der Waals surface area contributed by atoms with Crippen LogP contribution in [0.5, 0.6) is 0 Å². The molecule has 0 radical (unpaired) electrons. The van der Waals surface area contributed by atoms with Crippen molar-refractivity contribution >= 4 is 29.3 Å². The molecule has 0 saturated carbocycles. The van der Waals surface area contributed by atoms with E-state index in [1.54, 1.807) is 12.1 Å². The normalized spacial score (nSPS) is 18.7. The predicted octanol–water partition coefficient (Wildman–Crippen LogP) is 2.09. The zero-order valence-corrected chi connectivity index (χ0v) is 13.3. The molecule has 1 aromatic rings. The minimum absolute atomic E-state index is 0.0603. The van der Waals surface area contributed by atoms with Gasteiger partial charge >= 0.3 is 5.97 Å². The number of carbonyl (C=O) groups excluding carboxylic acids is 2. The van der Waals surface area contributed by atoms with Gasteiger partial charge in [0.1, 0.15) is 5.82 Å². The number of halogens is 1. The van der Waals surface area contributed by atoms with Crippen molar-refractivity contribution < 1.29 is 14.3 Å². The van der Waals surface area contributed by atoms with Gasteiger partial charge in [-0.25, -0.2) is 4.98 Å². The third-order valence-corrected chi connectivity index (χ3v) is 3.94. The fraction of sp³-hybridized carbons (Fsp3) is 0.533. The molecule has 1 aromatic heterocycles. The number of nitrogens with zero attached hydrogens (tertiary/aromatic N) is 2. The van der Waals surface area contributed by atoms with Gasteiger partial charge in [0.05, 0.1) is 25.1 Å². The number of rotatable bonds is 5. The average Bonchev–Trinajstić information content (AvgIpc) is 2.51. The Morgan fingerprint density at radius 2 is 2.27 bits per heavy atom. The zero-order valence-electron chi connectivity index (χ0n) is 12.5. The quantitative estimate of drug-likeness (QED) is 0.839. The fourth-order valence-corrected chi connectivity index (χ4v) is 2.70. The number of hydrogen-bond acceptors (Lipinski definition) is 5. The Morgan fingerprint density at radius 3 is 2.95 bits per heavy atom. The Labute approximate surface area is 134 Å². The minimum Gasteiger partial charge on any atom is -0.469 e. The number of methoxy groups -OCH3 is 1. The van der Waals surface area contributed by atoms with E-state index in [2.05, 4.69) is 10.3 Å². The second-order valence-corrected chi connectivity index (χ2v) is 5.75. The van der Waals surface area contributed by atoms with Gasteiger partial charge in [-0.1, -0.05) is 18.0 Å². The summed E-state index contributed by atoms with van der Waals surface area (Å²) in [7, 11) is 1.38. The lowest BCUT2D eigenvalue weighted by molar-refractivity contribution is -0.142. The Bertz CT molecular complexity index is 521. The topological polar surface area (TPSA) is 71.5 Å². The Balaban J connectivity index is 1.90. The van der Waals surface area contributed by atoms with Crippen molar-refractivity contribution in [1.29, 1.82) is 0 Å². The molecule has 120 valence electrons. The van der Waals surface area contributed by atoms with Gasteiger partial charge in [-0.15, -0.1) is 0 Å². The van der Waals surface area contributed by atoms with E-state index in [4.69, 9.17) is 16.3 Å². The van der Waals surface area contributed by atoms with Crippen LogP contribution in [0, 0.1) is 0 Å². The van der Waals surface area contributed by atoms with Crippen LogP contribution in [0.4, 0.5) is 5.82 Å². The monoisotopic (exact) mass is 325 g/mol. The molecule has 2 heterocycles. The van der Waals surface area contributed by atoms with Gasteiger partial charge in [0.15, 0.2) is 0 Å². The highest BCUT2D eigenvalue weighted by molar-refractivity contribution is 6.30. The largest absolute Gasteiger partial charge is 0.469 e. The highest BCUT2D eigenvalue weighted by Crippen LogP contribution is 2.20. The van der Waals surface area contributed by atoms with Gasteiger partial charge in [-0.05, 0) is 31.5 Å². The summed E-state index contributed by atoms with van der Waals surface area (Å²) in [6, 6.07) is 3.39. The van der Waals surface area contributed by atoms with E-state index in [1.165, 1.54) is 13.3 Å². The second-order valence-electron chi connectivity index (χ2n) is 5.31. The van der Waals surface area contributed by atoms with E-state index in [9.17, 15) is 9.59 Å². The van der Waals surface area contributed by atoms with Crippen LogP contribution in [0.25, 0.3) is 0 Å². The maximum atomic E-state index is 12.1. The zero-order chi connectivity index (χ0) is 15.9. The number of aromatic nitrogens is 1. The first-order valence-electron chi connectivity index (χ1n) is 7.31. The average molecular weight is 326 g/mol. The van der Waals surface area contributed by atoms with E-state index in [0.717, 1.165) is 25.8 Å². The molecule has 1 amide bonds. The molecule has 0 unspecified atom stereocenters. The molecule has 22 heavy (non-hydrogen) atoms. The second kappa shape index (κ2) is 8.10. The molecule has 1 N–H and O–H groups in total. The van der Waals surface area contributed by atoms with Gasteiger partial charge in [-0.3, -0.25) is 14.5 Å². The highest BCUT2D eigenvalue weighted by Gasteiger charge is 2.26. The number of pyridine rings is 1. The molecule has 1 saturated heterocycles. The van der Waals surface area contributed by atoms with E-state index in [-0.39, 0.29) is 24.5 Å². The number of piperidine rings is 1. The molecule has 1 atom stereocenters. The summed E-state index contributed by atoms with van der Waals surface area (Å²) < 4.78 is 4.72. The lowest BCUT2D eigenvalue weighted by Crippen LogP contribution is -2.45. The minimum atomic E-state index is -0.239. The van der Waals surface area contributed by atoms with Crippen molar-refractivity contribution in [2.75, 3.05) is 25.5 Å². The van der Waals surface area contributed by atoms with Crippen molar-refractivity contribution in [3.05, 3.63) is 23.4 Å². The number of ether oxygens (including phenoxy) is 1. The molecule has 1 aliphatic rings. The van der Waals surface area contributed by atoms with E-state index < -0.39 is 0 Å². The molecule has 6 nitrogen and oxygen atoms in total. The SMILES string of the molecule is COC(=O)C[C@@H]1CCCCN1CC(=O)Nc1ccc(Cl)cn1. The first-order chi connectivity index (χ1) is 10.6. The van der Waals surface area contributed by atoms with Crippen LogP contribution in [0.1, 0.15) is 25.7 Å². The summed E-state index contributed by atoms with van der Waals surface area (Å²) in [5, 5.41) is 3.26. The third-order valence-electron chi connectivity index (χ3n) is 3.72. The number of hydrogen-bond donors (Lipinski definition) is 1. The molecular formula is C15H20ClN3O3. The molecule has 0 spiro atoms. The van der Waals surface area contributed by atoms with Crippen molar-refractivity contribution in [2.45, 2.75) is 31.7 Å². The number of esters is 1. The van der Waals surface area contributed by atoms with Gasteiger partial charge in [0, 0.05) is 12.2 Å². The summed E-state index contributed by atoms with van der Waals surface area (Å²) in [4.78, 5) is 29.7. The summed E-state index contributed by atoms with van der Waals surface area (Å²) in [6.45, 7) is 1.05. The molecule has 1 fully saturated rings. The van der Waals surface area contributed by atoms with Gasteiger partial charge < -0.3 is 10.1 Å². The molecule has 0 aromatic carbocycles. The maximum Gasteiger partial charge on any atom is 0.307 e. The fourth-order valence-electron chi connectivity index (χ4n) is 2.59. The van der Waals surface area contributed by atoms with E-state index in [0.29, 0.717) is 17.3 Å². The van der Waals surface area contributed by atoms with Gasteiger partial charge in [0.2, 0.25) is 5.91 Å². The van der Waals surface area contributed by atoms with Gasteiger partial charge in [0.25, 0.3) is 0 Å². The summed E-state index contributed by atoms with van der Waals surface area (Å²) in [5.41, 5.74) is 0. The summed E-state index contributed by atoms with van der Waals surface area (Å²) in [6.07, 6.45) is 4.81. The Morgan fingerprint density at radius 1 is 1.45 bits per heavy atom. The number of likely N-dealkylation sites (tertiary alicyclic amines) is 1. The van der Waals surface area contributed by atoms with Crippen LogP contribution in [-0.2, 0) is 14.3 Å². The molecular weight excluding hydrogens is 306 g/mol. The standard InChI is InChI=1S/C15H20ClN3O3/c1-22-15(21)8-12-4-2-3-7-19(12)10-14(20)18-13-6-5-11(16)9-17-13/h5-6,9,12H,2-4,7-8,10H2,1H3,(H,17,18,20)/t12-/m0/s1. The number of nitrogens with one attached hydrogen (secondary N) is 1. The first-order valence-corrected chi connectivity index (χ1v) is 7.68. The van der Waals surface area contributed by atoms with Crippen LogP contribution in [0.15, 0.2) is 18.3 Å². The van der Waals surface area contributed by atoms with Crippen LogP contribution in [0.3, 0.4) is 0 Å². The van der Waals surface area contributed by atoms with Crippen LogP contribution in [-0.4, -0.2) is 48.0 Å². The van der Waals surface area contributed by atoms with Crippen molar-refractivity contribution in [3.63, 3.8) is 0 Å². The molecule has 0 aliphatic carbocycles. The lowest BCUT2D eigenvalue weighted by Gasteiger charge is -2.34. The van der Waals surface area contributed by atoms with Gasteiger partial charge in [-0.2, -0.15) is 0 Å². The molecule has 0 bridgehead atoms. The summed E-state index contributed by atoms with van der Waals surface area (Å²) >= 11 is 5.76.